The maximum atomic E-state index is 5.47. The van der Waals surface area contributed by atoms with E-state index in [1.165, 1.54) is 32.4 Å². The van der Waals surface area contributed by atoms with Crippen molar-refractivity contribution in [2.45, 2.75) is 19.3 Å². The minimum Gasteiger partial charge on any atom is -0.317 e. The van der Waals surface area contributed by atoms with Gasteiger partial charge in [-0.05, 0) is 38.3 Å². The quantitative estimate of drug-likeness (QED) is 0.657. The van der Waals surface area contributed by atoms with E-state index in [0.717, 1.165) is 25.6 Å². The van der Waals surface area contributed by atoms with Crippen LogP contribution in [0.15, 0.2) is 0 Å². The van der Waals surface area contributed by atoms with Gasteiger partial charge in [0, 0.05) is 13.1 Å². The lowest BCUT2D eigenvalue weighted by Gasteiger charge is -2.26. The Morgan fingerprint density at radius 2 is 2.17 bits per heavy atom. The number of hydroxylamine groups is 2. The summed E-state index contributed by atoms with van der Waals surface area (Å²) in [6, 6.07) is 0. The zero-order valence-corrected chi connectivity index (χ0v) is 7.59. The van der Waals surface area contributed by atoms with E-state index in [9.17, 15) is 0 Å². The summed E-state index contributed by atoms with van der Waals surface area (Å²) in [4.78, 5) is 5.47. The molecule has 0 aromatic rings. The number of hydrogen-bond donors (Lipinski definition) is 1. The van der Waals surface area contributed by atoms with Gasteiger partial charge in [-0.3, -0.25) is 4.84 Å². The number of hydrogen-bond acceptors (Lipinski definition) is 3. The molecule has 2 aliphatic rings. The van der Waals surface area contributed by atoms with Crippen LogP contribution in [-0.2, 0) is 4.84 Å². The third-order valence-corrected chi connectivity index (χ3v) is 2.75. The number of nitrogens with zero attached hydrogens (tertiary/aromatic N) is 1. The largest absolute Gasteiger partial charge is 0.317 e. The van der Waals surface area contributed by atoms with Crippen LogP contribution >= 0.6 is 0 Å². The third-order valence-electron chi connectivity index (χ3n) is 2.75. The van der Waals surface area contributed by atoms with E-state index < -0.39 is 0 Å². The maximum absolute atomic E-state index is 5.47. The molecule has 0 aliphatic carbocycles. The lowest BCUT2D eigenvalue weighted by Crippen LogP contribution is -2.34. The van der Waals surface area contributed by atoms with Crippen LogP contribution in [0.2, 0.25) is 0 Å². The van der Waals surface area contributed by atoms with Gasteiger partial charge >= 0.3 is 0 Å². The Balaban J connectivity index is 1.69. The number of nitrogens with one attached hydrogen (secondary N) is 1. The highest BCUT2D eigenvalue weighted by Crippen LogP contribution is 2.15. The Hall–Kier alpha value is -0.120. The normalized spacial score (nSPS) is 28.0. The Bertz CT molecular complexity index is 128. The van der Waals surface area contributed by atoms with Crippen molar-refractivity contribution >= 4 is 0 Å². The van der Waals surface area contributed by atoms with Crippen LogP contribution in [0.5, 0.6) is 0 Å². The van der Waals surface area contributed by atoms with E-state index in [0.29, 0.717) is 0 Å². The fraction of sp³-hybridized carbons (Fsp3) is 1.00. The van der Waals surface area contributed by atoms with Crippen molar-refractivity contribution in [2.24, 2.45) is 5.92 Å². The maximum Gasteiger partial charge on any atom is 0.0698 e. The highest BCUT2D eigenvalue weighted by Gasteiger charge is 2.19. The molecule has 3 nitrogen and oxygen atoms in total. The summed E-state index contributed by atoms with van der Waals surface area (Å²) in [7, 11) is 0. The molecule has 1 N–H and O–H groups in total. The molecular formula is C9H18N2O. The molecule has 0 amide bonds. The first-order valence-corrected chi connectivity index (χ1v) is 5.04. The molecule has 2 fully saturated rings. The van der Waals surface area contributed by atoms with Crippen molar-refractivity contribution in [3.63, 3.8) is 0 Å². The molecule has 70 valence electrons. The van der Waals surface area contributed by atoms with E-state index in [-0.39, 0.29) is 0 Å². The van der Waals surface area contributed by atoms with Crippen LogP contribution in [-0.4, -0.2) is 37.8 Å². The minimum atomic E-state index is 0.865. The molecule has 0 atom stereocenters. The second kappa shape index (κ2) is 4.21. The van der Waals surface area contributed by atoms with Gasteiger partial charge in [-0.1, -0.05) is 0 Å². The average molecular weight is 170 g/mol. The molecular weight excluding hydrogens is 152 g/mol. The van der Waals surface area contributed by atoms with Crippen molar-refractivity contribution in [3.8, 4) is 0 Å². The molecule has 12 heavy (non-hydrogen) atoms. The van der Waals surface area contributed by atoms with E-state index in [1.807, 2.05) is 0 Å². The second-order valence-electron chi connectivity index (χ2n) is 3.77. The third kappa shape index (κ3) is 2.19. The van der Waals surface area contributed by atoms with Crippen molar-refractivity contribution < 1.29 is 4.84 Å². The summed E-state index contributed by atoms with van der Waals surface area (Å²) < 4.78 is 0. The van der Waals surface area contributed by atoms with Crippen LogP contribution < -0.4 is 5.32 Å². The van der Waals surface area contributed by atoms with Gasteiger partial charge in [0.05, 0.1) is 6.61 Å². The zero-order valence-electron chi connectivity index (χ0n) is 7.59. The summed E-state index contributed by atoms with van der Waals surface area (Å²) in [5.41, 5.74) is 0. The molecule has 0 aromatic carbocycles. The van der Waals surface area contributed by atoms with Crippen LogP contribution in [0.1, 0.15) is 19.3 Å². The second-order valence-corrected chi connectivity index (χ2v) is 3.77. The minimum absolute atomic E-state index is 0.865. The standard InChI is InChI=1S/C9H18N2O/c1-6-11(12-7-1)8-9-2-4-10-5-3-9/h9-10H,1-8H2. The lowest BCUT2D eigenvalue weighted by atomic mass is 9.98. The molecule has 0 aromatic heterocycles. The van der Waals surface area contributed by atoms with Gasteiger partial charge in [0.1, 0.15) is 0 Å². The fourth-order valence-corrected chi connectivity index (χ4v) is 2.00. The van der Waals surface area contributed by atoms with Gasteiger partial charge in [0.25, 0.3) is 0 Å². The van der Waals surface area contributed by atoms with Gasteiger partial charge < -0.3 is 5.32 Å². The van der Waals surface area contributed by atoms with Crippen molar-refractivity contribution in [1.82, 2.24) is 10.4 Å². The molecule has 0 spiro atoms. The molecule has 0 saturated carbocycles. The predicted molar refractivity (Wildman–Crippen MR) is 47.7 cm³/mol. The van der Waals surface area contributed by atoms with Gasteiger partial charge in [0.15, 0.2) is 0 Å². The van der Waals surface area contributed by atoms with Gasteiger partial charge in [-0.2, -0.15) is 5.06 Å². The van der Waals surface area contributed by atoms with Crippen LogP contribution in [0.3, 0.4) is 0 Å². The monoisotopic (exact) mass is 170 g/mol. The summed E-state index contributed by atoms with van der Waals surface area (Å²) in [6.07, 6.45) is 3.85. The topological polar surface area (TPSA) is 24.5 Å². The fourth-order valence-electron chi connectivity index (χ4n) is 2.00. The van der Waals surface area contributed by atoms with Gasteiger partial charge in [-0.15, -0.1) is 0 Å². The Morgan fingerprint density at radius 3 is 2.83 bits per heavy atom. The van der Waals surface area contributed by atoms with Crippen LogP contribution in [0.4, 0.5) is 0 Å². The molecule has 2 saturated heterocycles. The first kappa shape index (κ1) is 8.48. The molecule has 0 unspecified atom stereocenters. The van der Waals surface area contributed by atoms with Crippen molar-refractivity contribution in [2.75, 3.05) is 32.8 Å². The molecule has 2 rings (SSSR count). The lowest BCUT2D eigenvalue weighted by molar-refractivity contribution is -0.120. The summed E-state index contributed by atoms with van der Waals surface area (Å²) in [5.74, 6) is 0.865. The highest BCUT2D eigenvalue weighted by atomic mass is 16.7. The smallest absolute Gasteiger partial charge is 0.0698 e. The predicted octanol–water partition coefficient (Wildman–Crippen LogP) is 0.623. The van der Waals surface area contributed by atoms with Gasteiger partial charge in [0.2, 0.25) is 0 Å². The van der Waals surface area contributed by atoms with Crippen LogP contribution in [0.25, 0.3) is 0 Å². The summed E-state index contributed by atoms with van der Waals surface area (Å²) in [5, 5.41) is 5.53. The highest BCUT2D eigenvalue weighted by molar-refractivity contribution is 4.71. The van der Waals surface area contributed by atoms with Crippen molar-refractivity contribution in [1.29, 1.82) is 0 Å². The average Bonchev–Trinajstić information content (AvgIpc) is 2.59. The Labute approximate surface area is 74.0 Å². The Morgan fingerprint density at radius 1 is 1.33 bits per heavy atom. The number of piperidine rings is 1. The molecule has 2 aliphatic heterocycles. The van der Waals surface area contributed by atoms with E-state index in [2.05, 4.69) is 10.4 Å². The molecule has 3 heteroatoms. The molecule has 2 heterocycles. The van der Waals surface area contributed by atoms with Gasteiger partial charge in [-0.25, -0.2) is 0 Å². The van der Waals surface area contributed by atoms with E-state index in [1.54, 1.807) is 0 Å². The molecule has 0 radical (unpaired) electrons. The van der Waals surface area contributed by atoms with E-state index in [4.69, 9.17) is 4.84 Å². The Kier molecular flexibility index (Phi) is 2.98. The van der Waals surface area contributed by atoms with Crippen molar-refractivity contribution in [3.05, 3.63) is 0 Å². The summed E-state index contributed by atoms with van der Waals surface area (Å²) in [6.45, 7) is 5.62. The van der Waals surface area contributed by atoms with Crippen LogP contribution in [0, 0.1) is 5.92 Å². The molecule has 0 bridgehead atoms. The van der Waals surface area contributed by atoms with E-state index >= 15 is 0 Å². The first-order chi connectivity index (χ1) is 5.95. The SMILES string of the molecule is C1CON(CC2CCNCC2)C1. The summed E-state index contributed by atoms with van der Waals surface area (Å²) >= 11 is 0. The zero-order chi connectivity index (χ0) is 8.23. The first-order valence-electron chi connectivity index (χ1n) is 5.04. The number of rotatable bonds is 2.